The summed E-state index contributed by atoms with van der Waals surface area (Å²) in [5.74, 6) is 1.17. The summed E-state index contributed by atoms with van der Waals surface area (Å²) in [6, 6.07) is 12.4. The van der Waals surface area contributed by atoms with E-state index in [2.05, 4.69) is 57.8 Å². The largest absolute Gasteiger partial charge is 0.328 e. The molecule has 34 heavy (non-hydrogen) atoms. The van der Waals surface area contributed by atoms with Crippen molar-refractivity contribution in [1.29, 1.82) is 0 Å². The molecule has 3 aromatic heterocycles. The van der Waals surface area contributed by atoms with Gasteiger partial charge in [-0.25, -0.2) is 4.79 Å². The lowest BCUT2D eigenvalue weighted by Crippen LogP contribution is -2.36. The lowest BCUT2D eigenvalue weighted by atomic mass is 9.78. The van der Waals surface area contributed by atoms with Crippen LogP contribution < -0.4 is 5.69 Å². The van der Waals surface area contributed by atoms with E-state index in [-0.39, 0.29) is 5.69 Å². The van der Waals surface area contributed by atoms with Crippen molar-refractivity contribution in [1.82, 2.24) is 34.7 Å². The quantitative estimate of drug-likeness (QED) is 0.395. The first-order valence-electron chi connectivity index (χ1n) is 12.3. The molecule has 3 heterocycles. The summed E-state index contributed by atoms with van der Waals surface area (Å²) < 4.78 is 3.93. The number of hydrogen-bond donors (Lipinski definition) is 1. The Morgan fingerprint density at radius 1 is 1.09 bits per heavy atom. The molecule has 8 heteroatoms. The van der Waals surface area contributed by atoms with Crippen LogP contribution in [0.5, 0.6) is 0 Å². The van der Waals surface area contributed by atoms with E-state index in [4.69, 9.17) is 0 Å². The van der Waals surface area contributed by atoms with Crippen molar-refractivity contribution in [2.45, 2.75) is 65.0 Å². The Bertz CT molecular complexity index is 1300. The number of tetrazole rings is 1. The third-order valence-electron chi connectivity index (χ3n) is 7.07. The Balaban J connectivity index is 1.45. The summed E-state index contributed by atoms with van der Waals surface area (Å²) in [6.45, 7) is 4.89. The van der Waals surface area contributed by atoms with Crippen LogP contribution in [-0.2, 0) is 13.0 Å². The van der Waals surface area contributed by atoms with E-state index in [0.717, 1.165) is 60.2 Å². The Hall–Kier alpha value is -3.55. The van der Waals surface area contributed by atoms with Gasteiger partial charge in [-0.3, -0.25) is 14.1 Å². The van der Waals surface area contributed by atoms with Crippen LogP contribution in [0.15, 0.2) is 53.6 Å². The van der Waals surface area contributed by atoms with Crippen molar-refractivity contribution in [3.8, 4) is 22.5 Å². The minimum atomic E-state index is 0.0977. The highest BCUT2D eigenvalue weighted by Gasteiger charge is 2.32. The highest BCUT2D eigenvalue weighted by atomic mass is 16.1. The van der Waals surface area contributed by atoms with Crippen LogP contribution >= 0.6 is 0 Å². The molecule has 176 valence electrons. The minimum Gasteiger partial charge on any atom is -0.296 e. The maximum absolute atomic E-state index is 13.5. The fourth-order valence-corrected chi connectivity index (χ4v) is 4.93. The van der Waals surface area contributed by atoms with E-state index in [1.807, 2.05) is 39.6 Å². The topological polar surface area (TPSA) is 94.3 Å². The number of aryl methyl sites for hydroxylation is 1. The average Bonchev–Trinajstić information content (AvgIpc) is 3.48. The van der Waals surface area contributed by atoms with Crippen molar-refractivity contribution >= 4 is 0 Å². The highest BCUT2D eigenvalue weighted by Crippen LogP contribution is 2.40. The van der Waals surface area contributed by atoms with Gasteiger partial charge in [0.15, 0.2) is 0 Å². The Labute approximate surface area is 199 Å². The molecule has 1 aliphatic rings. The number of imidazole rings is 1. The molecule has 1 saturated carbocycles. The molecule has 8 nitrogen and oxygen atoms in total. The summed E-state index contributed by atoms with van der Waals surface area (Å²) >= 11 is 0. The number of H-pyrrole nitrogens is 1. The zero-order valence-electron chi connectivity index (χ0n) is 19.8. The van der Waals surface area contributed by atoms with Gasteiger partial charge in [-0.1, -0.05) is 44.9 Å². The second-order valence-electron chi connectivity index (χ2n) is 9.17. The second-order valence-corrected chi connectivity index (χ2v) is 9.17. The monoisotopic (exact) mass is 457 g/mol. The molecule has 0 aliphatic heterocycles. The van der Waals surface area contributed by atoms with E-state index in [1.165, 1.54) is 6.42 Å². The molecular formula is C26H31N7O. The molecule has 5 rings (SSSR count). The van der Waals surface area contributed by atoms with Crippen molar-refractivity contribution in [3.63, 3.8) is 0 Å². The molecule has 0 spiro atoms. The number of pyridine rings is 1. The minimum absolute atomic E-state index is 0.0977. The number of aromatic amines is 1. The molecule has 0 bridgehead atoms. The van der Waals surface area contributed by atoms with Crippen LogP contribution in [-0.4, -0.2) is 34.7 Å². The lowest BCUT2D eigenvalue weighted by molar-refractivity contribution is 0.171. The van der Waals surface area contributed by atoms with Gasteiger partial charge in [0.1, 0.15) is 0 Å². The van der Waals surface area contributed by atoms with Gasteiger partial charge in [-0.15, -0.1) is 10.2 Å². The van der Waals surface area contributed by atoms with Crippen LogP contribution in [0.4, 0.5) is 0 Å². The smallest absolute Gasteiger partial charge is 0.296 e. The first kappa shape index (κ1) is 22.3. The maximum Gasteiger partial charge on any atom is 0.328 e. The van der Waals surface area contributed by atoms with Gasteiger partial charge in [0.05, 0.1) is 12.2 Å². The number of rotatable bonds is 9. The molecular weight excluding hydrogens is 426 g/mol. The van der Waals surface area contributed by atoms with Crippen LogP contribution in [0.25, 0.3) is 22.5 Å². The first-order chi connectivity index (χ1) is 16.7. The zero-order chi connectivity index (χ0) is 23.5. The van der Waals surface area contributed by atoms with Crippen molar-refractivity contribution < 1.29 is 0 Å². The van der Waals surface area contributed by atoms with Gasteiger partial charge in [0.2, 0.25) is 5.82 Å². The van der Waals surface area contributed by atoms with Gasteiger partial charge in [-0.2, -0.15) is 5.21 Å². The Morgan fingerprint density at radius 3 is 2.68 bits per heavy atom. The number of unbranched alkanes of at least 4 members (excludes halogenated alkanes) is 1. The number of aromatic nitrogens is 7. The van der Waals surface area contributed by atoms with Crippen molar-refractivity contribution in [2.75, 3.05) is 0 Å². The third kappa shape index (κ3) is 4.32. The predicted molar refractivity (Wildman–Crippen MR) is 131 cm³/mol. The van der Waals surface area contributed by atoms with E-state index >= 15 is 0 Å². The van der Waals surface area contributed by atoms with Crippen molar-refractivity contribution in [2.24, 2.45) is 5.92 Å². The molecule has 4 aromatic rings. The molecule has 0 radical (unpaired) electrons. The zero-order valence-corrected chi connectivity index (χ0v) is 19.8. The first-order valence-corrected chi connectivity index (χ1v) is 12.3. The van der Waals surface area contributed by atoms with Gasteiger partial charge in [-0.05, 0) is 66.1 Å². The van der Waals surface area contributed by atoms with E-state index < -0.39 is 0 Å². The van der Waals surface area contributed by atoms with E-state index in [9.17, 15) is 4.79 Å². The SMILES string of the molecule is CCCCc1cn(C2CCC2CC)c(=O)n1Cc1cc(-c2cccc(-c3nn[nH]n3)c2)ccn1. The molecule has 1 aliphatic carbocycles. The maximum atomic E-state index is 13.5. The van der Waals surface area contributed by atoms with Gasteiger partial charge < -0.3 is 0 Å². The number of nitrogens with zero attached hydrogens (tertiary/aromatic N) is 6. The van der Waals surface area contributed by atoms with Crippen LogP contribution in [0.3, 0.4) is 0 Å². The number of benzene rings is 1. The summed E-state index contributed by atoms with van der Waals surface area (Å²) in [7, 11) is 0. The lowest BCUT2D eigenvalue weighted by Gasteiger charge is -2.36. The fourth-order valence-electron chi connectivity index (χ4n) is 4.93. The van der Waals surface area contributed by atoms with Crippen molar-refractivity contribution in [3.05, 3.63) is 70.7 Å². The molecule has 1 N–H and O–H groups in total. The predicted octanol–water partition coefficient (Wildman–Crippen LogP) is 4.64. The second kappa shape index (κ2) is 9.75. The molecule has 0 amide bonds. The summed E-state index contributed by atoms with van der Waals surface area (Å²) in [4.78, 5) is 18.1. The standard InChI is InChI=1S/C26H31N7O/c1-3-5-9-23-17-33(24-11-10-18(24)4-2)26(34)32(23)16-22-15-20(12-13-27-22)19-7-6-8-21(14-19)25-28-30-31-29-25/h6-8,12-15,17-18,24H,3-5,9-11,16H2,1-2H3,(H,28,29,30,31). The van der Waals surface area contributed by atoms with Gasteiger partial charge in [0.25, 0.3) is 0 Å². The van der Waals surface area contributed by atoms with Crippen LogP contribution in [0.1, 0.15) is 63.4 Å². The fraction of sp³-hybridized carbons (Fsp3) is 0.423. The summed E-state index contributed by atoms with van der Waals surface area (Å²) in [5.41, 5.74) is 5.07. The van der Waals surface area contributed by atoms with Gasteiger partial charge >= 0.3 is 5.69 Å². The molecule has 2 atom stereocenters. The summed E-state index contributed by atoms with van der Waals surface area (Å²) in [6.07, 6.45) is 10.5. The molecule has 2 unspecified atom stereocenters. The molecule has 1 fully saturated rings. The Kier molecular flexibility index (Phi) is 6.38. The van der Waals surface area contributed by atoms with Crippen LogP contribution in [0.2, 0.25) is 0 Å². The van der Waals surface area contributed by atoms with Crippen LogP contribution in [0, 0.1) is 5.92 Å². The highest BCUT2D eigenvalue weighted by molar-refractivity contribution is 5.70. The molecule has 0 saturated heterocycles. The number of hydrogen-bond acceptors (Lipinski definition) is 5. The third-order valence-corrected chi connectivity index (χ3v) is 7.07. The molecule has 1 aromatic carbocycles. The Morgan fingerprint density at radius 2 is 1.94 bits per heavy atom. The van der Waals surface area contributed by atoms with E-state index in [1.54, 1.807) is 0 Å². The van der Waals surface area contributed by atoms with Gasteiger partial charge in [0, 0.05) is 29.7 Å². The average molecular weight is 458 g/mol. The normalized spacial score (nSPS) is 17.6. The summed E-state index contributed by atoms with van der Waals surface area (Å²) in [5, 5.41) is 14.3. The number of nitrogens with one attached hydrogen (secondary N) is 1. The van der Waals surface area contributed by atoms with E-state index in [0.29, 0.717) is 24.3 Å².